The van der Waals surface area contributed by atoms with Gasteiger partial charge in [-0.05, 0) is 37.1 Å². The summed E-state index contributed by atoms with van der Waals surface area (Å²) in [6.07, 6.45) is 5.62. The number of nitrogens with one attached hydrogen (secondary N) is 2. The van der Waals surface area contributed by atoms with E-state index in [0.29, 0.717) is 22.9 Å². The number of hydrogen-bond donors (Lipinski definition) is 2. The van der Waals surface area contributed by atoms with Gasteiger partial charge in [-0.1, -0.05) is 37.5 Å². The number of aromatic nitrogens is 2. The van der Waals surface area contributed by atoms with Gasteiger partial charge in [-0.3, -0.25) is 4.79 Å². The van der Waals surface area contributed by atoms with E-state index in [9.17, 15) is 4.79 Å². The minimum atomic E-state index is -0.127. The van der Waals surface area contributed by atoms with Crippen LogP contribution in [0.4, 0.5) is 0 Å². The van der Waals surface area contributed by atoms with Gasteiger partial charge in [0.05, 0.1) is 25.4 Å². The quantitative estimate of drug-likeness (QED) is 0.441. The van der Waals surface area contributed by atoms with E-state index in [2.05, 4.69) is 16.4 Å². The van der Waals surface area contributed by atoms with E-state index >= 15 is 0 Å². The molecular formula is C26H27N3O3. The Morgan fingerprint density at radius 3 is 2.59 bits per heavy atom. The molecule has 6 heteroatoms. The summed E-state index contributed by atoms with van der Waals surface area (Å²) >= 11 is 0. The van der Waals surface area contributed by atoms with Gasteiger partial charge in [0.2, 0.25) is 0 Å². The Hall–Kier alpha value is -3.54. The Bertz CT molecular complexity index is 1290. The van der Waals surface area contributed by atoms with Gasteiger partial charge in [0.25, 0.3) is 5.91 Å². The first-order valence-electron chi connectivity index (χ1n) is 11.1. The second kappa shape index (κ2) is 8.54. The number of ether oxygens (including phenoxy) is 2. The highest BCUT2D eigenvalue weighted by Gasteiger charge is 2.22. The van der Waals surface area contributed by atoms with Crippen molar-refractivity contribution in [2.75, 3.05) is 14.2 Å². The number of hydrogen-bond acceptors (Lipinski definition) is 4. The molecule has 1 amide bonds. The number of carbonyl (C=O) groups is 1. The molecule has 1 aliphatic carbocycles. The van der Waals surface area contributed by atoms with Gasteiger partial charge in [0.15, 0.2) is 0 Å². The second-order valence-corrected chi connectivity index (χ2v) is 8.32. The Kier molecular flexibility index (Phi) is 5.43. The van der Waals surface area contributed by atoms with Gasteiger partial charge in [-0.2, -0.15) is 0 Å². The first-order chi connectivity index (χ1) is 15.7. The Labute approximate surface area is 186 Å². The van der Waals surface area contributed by atoms with Crippen LogP contribution in [-0.2, 0) is 0 Å². The molecule has 1 saturated carbocycles. The number of nitrogens with zero attached hydrogens (tertiary/aromatic N) is 1. The lowest BCUT2D eigenvalue weighted by atomic mass is 9.95. The molecule has 32 heavy (non-hydrogen) atoms. The van der Waals surface area contributed by atoms with Crippen LogP contribution in [0.1, 0.15) is 42.6 Å². The number of aromatic amines is 1. The van der Waals surface area contributed by atoms with Crippen molar-refractivity contribution in [2.24, 2.45) is 0 Å². The lowest BCUT2D eigenvalue weighted by Gasteiger charge is -2.22. The van der Waals surface area contributed by atoms with Crippen LogP contribution in [0.3, 0.4) is 0 Å². The van der Waals surface area contributed by atoms with Gasteiger partial charge in [-0.15, -0.1) is 0 Å². The zero-order chi connectivity index (χ0) is 22.1. The maximum absolute atomic E-state index is 13.2. The molecule has 5 rings (SSSR count). The maximum Gasteiger partial charge on any atom is 0.270 e. The summed E-state index contributed by atoms with van der Waals surface area (Å²) in [5, 5.41) is 5.23. The molecule has 4 aromatic rings. The molecule has 6 nitrogen and oxygen atoms in total. The standard InChI is InChI=1S/C26H27N3O3/c1-31-17-12-13-19(23(14-17)32-2)24-25-20(18-10-6-7-11-21(18)28-25)15-22(29-24)26(30)27-16-8-4-3-5-9-16/h6-7,10-16,28H,3-5,8-9H2,1-2H3,(H,27,30). The van der Waals surface area contributed by atoms with Gasteiger partial charge >= 0.3 is 0 Å². The van der Waals surface area contributed by atoms with Crippen LogP contribution in [0.5, 0.6) is 11.5 Å². The fraction of sp³-hybridized carbons (Fsp3) is 0.308. The minimum Gasteiger partial charge on any atom is -0.497 e. The minimum absolute atomic E-state index is 0.127. The molecular weight excluding hydrogens is 402 g/mol. The SMILES string of the molecule is COc1ccc(-c2nc(C(=O)NC3CCCCC3)cc3c2[nH]c2ccccc23)c(OC)c1. The molecule has 0 bridgehead atoms. The predicted molar refractivity (Wildman–Crippen MR) is 126 cm³/mol. The molecule has 0 spiro atoms. The molecule has 0 aliphatic heterocycles. The molecule has 164 valence electrons. The van der Waals surface area contributed by atoms with Crippen LogP contribution in [0.25, 0.3) is 33.1 Å². The topological polar surface area (TPSA) is 76.2 Å². The number of fused-ring (bicyclic) bond motifs is 3. The third kappa shape index (κ3) is 3.66. The lowest BCUT2D eigenvalue weighted by molar-refractivity contribution is 0.0923. The second-order valence-electron chi connectivity index (χ2n) is 8.32. The Morgan fingerprint density at radius 2 is 1.81 bits per heavy atom. The fourth-order valence-electron chi connectivity index (χ4n) is 4.66. The molecule has 0 atom stereocenters. The molecule has 2 aromatic heterocycles. The predicted octanol–water partition coefficient (Wildman–Crippen LogP) is 5.46. The average molecular weight is 430 g/mol. The van der Waals surface area contributed by atoms with Crippen LogP contribution >= 0.6 is 0 Å². The highest BCUT2D eigenvalue weighted by atomic mass is 16.5. The van der Waals surface area contributed by atoms with Gasteiger partial charge in [0.1, 0.15) is 17.2 Å². The summed E-state index contributed by atoms with van der Waals surface area (Å²) in [6.45, 7) is 0. The molecule has 0 saturated heterocycles. The number of rotatable bonds is 5. The number of amides is 1. The zero-order valence-electron chi connectivity index (χ0n) is 18.4. The molecule has 2 heterocycles. The third-order valence-electron chi connectivity index (χ3n) is 6.33. The zero-order valence-corrected chi connectivity index (χ0v) is 18.4. The molecule has 1 aliphatic rings. The normalized spacial score (nSPS) is 14.6. The molecule has 2 aromatic carbocycles. The van der Waals surface area contributed by atoms with E-state index in [1.165, 1.54) is 6.42 Å². The lowest BCUT2D eigenvalue weighted by Crippen LogP contribution is -2.36. The molecule has 2 N–H and O–H groups in total. The largest absolute Gasteiger partial charge is 0.497 e. The van der Waals surface area contributed by atoms with E-state index in [0.717, 1.165) is 53.1 Å². The van der Waals surface area contributed by atoms with Crippen molar-refractivity contribution in [3.63, 3.8) is 0 Å². The Morgan fingerprint density at radius 1 is 1.00 bits per heavy atom. The number of benzene rings is 2. The van der Waals surface area contributed by atoms with Crippen LogP contribution < -0.4 is 14.8 Å². The fourth-order valence-corrected chi connectivity index (χ4v) is 4.66. The van der Waals surface area contributed by atoms with Crippen LogP contribution in [0, 0.1) is 0 Å². The van der Waals surface area contributed by atoms with Crippen LogP contribution in [-0.4, -0.2) is 36.1 Å². The van der Waals surface area contributed by atoms with Gasteiger partial charge in [-0.25, -0.2) is 4.98 Å². The number of H-pyrrole nitrogens is 1. The van der Waals surface area contributed by atoms with Crippen molar-refractivity contribution in [2.45, 2.75) is 38.1 Å². The number of para-hydroxylation sites is 1. The smallest absolute Gasteiger partial charge is 0.270 e. The first-order valence-corrected chi connectivity index (χ1v) is 11.1. The van der Waals surface area contributed by atoms with Crippen molar-refractivity contribution in [3.8, 4) is 22.8 Å². The summed E-state index contributed by atoms with van der Waals surface area (Å²) in [5.41, 5.74) is 3.79. The maximum atomic E-state index is 13.2. The van der Waals surface area contributed by atoms with E-state index < -0.39 is 0 Å². The monoisotopic (exact) mass is 429 g/mol. The number of carbonyl (C=O) groups excluding carboxylic acids is 1. The number of pyridine rings is 1. The highest BCUT2D eigenvalue weighted by molar-refractivity contribution is 6.13. The van der Waals surface area contributed by atoms with Gasteiger partial charge < -0.3 is 19.8 Å². The third-order valence-corrected chi connectivity index (χ3v) is 6.33. The first kappa shape index (κ1) is 20.4. The molecule has 0 unspecified atom stereocenters. The van der Waals surface area contributed by atoms with E-state index in [1.54, 1.807) is 14.2 Å². The van der Waals surface area contributed by atoms with Crippen molar-refractivity contribution in [1.82, 2.24) is 15.3 Å². The van der Waals surface area contributed by atoms with E-state index in [4.69, 9.17) is 14.5 Å². The Balaban J connectivity index is 1.68. The van der Waals surface area contributed by atoms with Crippen molar-refractivity contribution < 1.29 is 14.3 Å². The van der Waals surface area contributed by atoms with Crippen molar-refractivity contribution >= 4 is 27.7 Å². The van der Waals surface area contributed by atoms with Gasteiger partial charge in [0, 0.05) is 34.0 Å². The average Bonchev–Trinajstić information content (AvgIpc) is 3.22. The van der Waals surface area contributed by atoms with Crippen LogP contribution in [0.15, 0.2) is 48.5 Å². The van der Waals surface area contributed by atoms with E-state index in [1.807, 2.05) is 42.5 Å². The molecule has 0 radical (unpaired) electrons. The summed E-state index contributed by atoms with van der Waals surface area (Å²) in [7, 11) is 3.25. The van der Waals surface area contributed by atoms with Crippen molar-refractivity contribution in [1.29, 1.82) is 0 Å². The van der Waals surface area contributed by atoms with Crippen molar-refractivity contribution in [3.05, 3.63) is 54.2 Å². The summed E-state index contributed by atoms with van der Waals surface area (Å²) < 4.78 is 11.0. The van der Waals surface area contributed by atoms with Crippen LogP contribution in [0.2, 0.25) is 0 Å². The summed E-state index contributed by atoms with van der Waals surface area (Å²) in [4.78, 5) is 21.5. The molecule has 1 fully saturated rings. The summed E-state index contributed by atoms with van der Waals surface area (Å²) in [5.74, 6) is 1.21. The highest BCUT2D eigenvalue weighted by Crippen LogP contribution is 2.38. The van der Waals surface area contributed by atoms with E-state index in [-0.39, 0.29) is 11.9 Å². The number of methoxy groups -OCH3 is 2. The summed E-state index contributed by atoms with van der Waals surface area (Å²) in [6, 6.07) is 15.8.